The van der Waals surface area contributed by atoms with Crippen LogP contribution in [-0.4, -0.2) is 13.2 Å². The Morgan fingerprint density at radius 2 is 1.67 bits per heavy atom. The molecule has 0 aliphatic carbocycles. The van der Waals surface area contributed by atoms with Gasteiger partial charge in [0.05, 0.1) is 13.2 Å². The van der Waals surface area contributed by atoms with E-state index < -0.39 is 0 Å². The van der Waals surface area contributed by atoms with Gasteiger partial charge in [0.25, 0.3) is 0 Å². The van der Waals surface area contributed by atoms with Crippen LogP contribution in [0, 0.1) is 0 Å². The van der Waals surface area contributed by atoms with Gasteiger partial charge in [-0.15, -0.1) is 0 Å². The van der Waals surface area contributed by atoms with Gasteiger partial charge in [0.1, 0.15) is 0 Å². The van der Waals surface area contributed by atoms with Crippen LogP contribution in [0.25, 0.3) is 0 Å². The molecule has 3 rings (SSSR count). The summed E-state index contributed by atoms with van der Waals surface area (Å²) in [4.78, 5) is 0. The number of rotatable bonds is 5. The van der Waals surface area contributed by atoms with Crippen LogP contribution >= 0.6 is 15.9 Å². The topological polar surface area (TPSA) is 30.5 Å². The van der Waals surface area contributed by atoms with E-state index in [4.69, 9.17) is 9.47 Å². The Bertz CT molecular complexity index is 580. The zero-order valence-electron chi connectivity index (χ0n) is 11.7. The van der Waals surface area contributed by atoms with Crippen LogP contribution in [0.2, 0.25) is 0 Å². The fraction of sp³-hybridized carbons (Fsp3) is 0.294. The van der Waals surface area contributed by atoms with Crippen LogP contribution in [0.1, 0.15) is 23.0 Å². The normalized spacial score (nSPS) is 15.5. The van der Waals surface area contributed by atoms with Crippen molar-refractivity contribution in [3.8, 4) is 0 Å². The van der Waals surface area contributed by atoms with E-state index in [-0.39, 0.29) is 6.29 Å². The van der Waals surface area contributed by atoms with Crippen LogP contribution in [0.3, 0.4) is 0 Å². The summed E-state index contributed by atoms with van der Waals surface area (Å²) < 4.78 is 12.1. The molecule has 0 radical (unpaired) electrons. The number of hydrogen-bond acceptors (Lipinski definition) is 3. The maximum atomic E-state index is 5.49. The van der Waals surface area contributed by atoms with Crippen molar-refractivity contribution in [2.75, 3.05) is 13.2 Å². The summed E-state index contributed by atoms with van der Waals surface area (Å²) in [6.45, 7) is 3.07. The third-order valence-electron chi connectivity index (χ3n) is 3.42. The van der Waals surface area contributed by atoms with Gasteiger partial charge < -0.3 is 14.8 Å². The minimum absolute atomic E-state index is 0.186. The molecule has 0 aromatic heterocycles. The summed E-state index contributed by atoms with van der Waals surface area (Å²) in [5.41, 5.74) is 3.61. The first kappa shape index (κ1) is 14.7. The second-order valence-electron chi connectivity index (χ2n) is 5.05. The Kier molecular flexibility index (Phi) is 5.04. The van der Waals surface area contributed by atoms with E-state index in [0.29, 0.717) is 13.2 Å². The zero-order valence-corrected chi connectivity index (χ0v) is 13.3. The Morgan fingerprint density at radius 1 is 0.952 bits per heavy atom. The van der Waals surface area contributed by atoms with Crippen LogP contribution < -0.4 is 5.32 Å². The molecule has 0 unspecified atom stereocenters. The fourth-order valence-electron chi connectivity index (χ4n) is 2.34. The van der Waals surface area contributed by atoms with Gasteiger partial charge in [-0.25, -0.2) is 0 Å². The maximum Gasteiger partial charge on any atom is 0.184 e. The van der Waals surface area contributed by atoms with Crippen molar-refractivity contribution in [1.29, 1.82) is 0 Å². The first-order chi connectivity index (χ1) is 10.3. The minimum atomic E-state index is -0.186. The van der Waals surface area contributed by atoms with Crippen molar-refractivity contribution in [2.24, 2.45) is 0 Å². The smallest absolute Gasteiger partial charge is 0.184 e. The van der Waals surface area contributed by atoms with E-state index in [1.54, 1.807) is 0 Å². The average Bonchev–Trinajstić information content (AvgIpc) is 3.02. The highest BCUT2D eigenvalue weighted by Gasteiger charge is 2.17. The highest BCUT2D eigenvalue weighted by atomic mass is 79.9. The third kappa shape index (κ3) is 4.14. The van der Waals surface area contributed by atoms with Crippen LogP contribution in [0.5, 0.6) is 0 Å². The molecular formula is C17H18BrNO2. The van der Waals surface area contributed by atoms with E-state index in [9.17, 15) is 0 Å². The molecule has 110 valence electrons. The molecule has 1 N–H and O–H groups in total. The largest absolute Gasteiger partial charge is 0.346 e. The van der Waals surface area contributed by atoms with E-state index >= 15 is 0 Å². The molecule has 3 nitrogen and oxygen atoms in total. The number of ether oxygens (including phenoxy) is 2. The SMILES string of the molecule is Brc1cccc(CNCc2ccc(C3OCCO3)cc2)c1. The molecule has 0 saturated carbocycles. The standard InChI is InChI=1S/C17H18BrNO2/c18-16-3-1-2-14(10-16)12-19-11-13-4-6-15(7-5-13)17-20-8-9-21-17/h1-7,10,17,19H,8-9,11-12H2. The van der Waals surface area contributed by atoms with Crippen molar-refractivity contribution >= 4 is 15.9 Å². The van der Waals surface area contributed by atoms with Gasteiger partial charge in [-0.1, -0.05) is 52.3 Å². The second-order valence-corrected chi connectivity index (χ2v) is 5.96. The molecule has 0 bridgehead atoms. The highest BCUT2D eigenvalue weighted by Crippen LogP contribution is 2.23. The van der Waals surface area contributed by atoms with Gasteiger partial charge in [0.15, 0.2) is 6.29 Å². The summed E-state index contributed by atoms with van der Waals surface area (Å²) in [7, 11) is 0. The Hall–Kier alpha value is -1.20. The van der Waals surface area contributed by atoms with Crippen molar-refractivity contribution in [3.63, 3.8) is 0 Å². The van der Waals surface area contributed by atoms with Crippen molar-refractivity contribution < 1.29 is 9.47 Å². The zero-order chi connectivity index (χ0) is 14.5. The lowest BCUT2D eigenvalue weighted by atomic mass is 10.1. The minimum Gasteiger partial charge on any atom is -0.346 e. The summed E-state index contributed by atoms with van der Waals surface area (Å²) in [6.07, 6.45) is -0.186. The van der Waals surface area contributed by atoms with Gasteiger partial charge in [0, 0.05) is 23.1 Å². The Balaban J connectivity index is 1.51. The lowest BCUT2D eigenvalue weighted by Crippen LogP contribution is -2.12. The lowest BCUT2D eigenvalue weighted by molar-refractivity contribution is -0.0441. The number of halogens is 1. The summed E-state index contributed by atoms with van der Waals surface area (Å²) in [6, 6.07) is 16.7. The molecule has 1 aliphatic rings. The summed E-state index contributed by atoms with van der Waals surface area (Å²) >= 11 is 3.49. The van der Waals surface area contributed by atoms with Crippen molar-refractivity contribution in [2.45, 2.75) is 19.4 Å². The molecule has 1 heterocycles. The van der Waals surface area contributed by atoms with Gasteiger partial charge in [-0.3, -0.25) is 0 Å². The first-order valence-corrected chi connectivity index (χ1v) is 7.88. The molecule has 4 heteroatoms. The fourth-order valence-corrected chi connectivity index (χ4v) is 2.79. The predicted molar refractivity (Wildman–Crippen MR) is 85.8 cm³/mol. The monoisotopic (exact) mass is 347 g/mol. The number of hydrogen-bond donors (Lipinski definition) is 1. The lowest BCUT2D eigenvalue weighted by Gasteiger charge is -2.10. The molecule has 1 saturated heterocycles. The molecule has 2 aromatic carbocycles. The highest BCUT2D eigenvalue weighted by molar-refractivity contribution is 9.10. The van der Waals surface area contributed by atoms with Crippen LogP contribution in [0.15, 0.2) is 53.0 Å². The number of benzene rings is 2. The molecule has 1 fully saturated rings. The molecular weight excluding hydrogens is 330 g/mol. The predicted octanol–water partition coefficient (Wildman–Crippen LogP) is 3.78. The molecule has 21 heavy (non-hydrogen) atoms. The molecule has 0 spiro atoms. The van der Waals surface area contributed by atoms with E-state index in [1.165, 1.54) is 11.1 Å². The summed E-state index contributed by atoms with van der Waals surface area (Å²) in [5.74, 6) is 0. The third-order valence-corrected chi connectivity index (χ3v) is 3.91. The maximum absolute atomic E-state index is 5.49. The number of nitrogens with one attached hydrogen (secondary N) is 1. The second kappa shape index (κ2) is 7.18. The molecule has 2 aromatic rings. The molecule has 0 amide bonds. The van der Waals surface area contributed by atoms with Gasteiger partial charge in [-0.05, 0) is 23.3 Å². The Labute approximate surface area is 133 Å². The molecule has 1 aliphatic heterocycles. The van der Waals surface area contributed by atoms with E-state index in [1.807, 2.05) is 6.07 Å². The van der Waals surface area contributed by atoms with Crippen molar-refractivity contribution in [1.82, 2.24) is 5.32 Å². The van der Waals surface area contributed by atoms with Crippen LogP contribution in [-0.2, 0) is 22.6 Å². The van der Waals surface area contributed by atoms with E-state index in [2.05, 4.69) is 63.7 Å². The van der Waals surface area contributed by atoms with E-state index in [0.717, 1.165) is 23.1 Å². The van der Waals surface area contributed by atoms with Crippen molar-refractivity contribution in [3.05, 3.63) is 69.7 Å². The quantitative estimate of drug-likeness (QED) is 0.892. The van der Waals surface area contributed by atoms with Gasteiger partial charge >= 0.3 is 0 Å². The summed E-state index contributed by atoms with van der Waals surface area (Å²) in [5, 5.41) is 3.45. The molecule has 0 atom stereocenters. The van der Waals surface area contributed by atoms with Gasteiger partial charge in [0.2, 0.25) is 0 Å². The van der Waals surface area contributed by atoms with Crippen LogP contribution in [0.4, 0.5) is 0 Å². The Morgan fingerprint density at radius 3 is 2.38 bits per heavy atom. The average molecular weight is 348 g/mol. The first-order valence-electron chi connectivity index (χ1n) is 7.08. The van der Waals surface area contributed by atoms with Gasteiger partial charge in [-0.2, -0.15) is 0 Å².